The molecule has 0 fully saturated rings. The lowest BCUT2D eigenvalue weighted by Crippen LogP contribution is -2.06. The molecule has 0 aliphatic carbocycles. The lowest BCUT2D eigenvalue weighted by atomic mass is 9.94. The molecule has 3 rings (SSSR count). The molecule has 21 heavy (non-hydrogen) atoms. The molecular formula is C17H18N2O2. The zero-order chi connectivity index (χ0) is 15.0. The summed E-state index contributed by atoms with van der Waals surface area (Å²) in [4.78, 5) is 15.9. The maximum absolute atomic E-state index is 11.7. The monoisotopic (exact) mass is 282 g/mol. The number of hydrogen-bond donors (Lipinski definition) is 1. The fourth-order valence-electron chi connectivity index (χ4n) is 2.71. The summed E-state index contributed by atoms with van der Waals surface area (Å²) in [6.45, 7) is 6.02. The first kappa shape index (κ1) is 13.6. The Kier molecular flexibility index (Phi) is 3.37. The van der Waals surface area contributed by atoms with E-state index in [1.807, 2.05) is 45.2 Å². The number of carbonyl (C=O) groups excluding carboxylic acids is 1. The molecule has 1 aliphatic heterocycles. The average molecular weight is 282 g/mol. The molecule has 2 aromatic rings. The van der Waals surface area contributed by atoms with Crippen LogP contribution < -0.4 is 10.1 Å². The van der Waals surface area contributed by atoms with Gasteiger partial charge in [-0.05, 0) is 49.6 Å². The Morgan fingerprint density at radius 1 is 1.29 bits per heavy atom. The highest BCUT2D eigenvalue weighted by molar-refractivity contribution is 6.02. The van der Waals surface area contributed by atoms with Crippen LogP contribution in [0.2, 0.25) is 0 Å². The van der Waals surface area contributed by atoms with Gasteiger partial charge < -0.3 is 10.1 Å². The molecule has 0 saturated carbocycles. The molecular weight excluding hydrogens is 264 g/mol. The molecule has 4 heteroatoms. The SMILES string of the molecule is Cc1ccc2c(c1-c1cncc(OC(C)C)c1)CC(=O)N2. The second kappa shape index (κ2) is 5.20. The summed E-state index contributed by atoms with van der Waals surface area (Å²) in [7, 11) is 0. The lowest BCUT2D eigenvalue weighted by molar-refractivity contribution is -0.115. The van der Waals surface area contributed by atoms with Crippen molar-refractivity contribution in [3.8, 4) is 16.9 Å². The van der Waals surface area contributed by atoms with Crippen molar-refractivity contribution in [3.05, 3.63) is 41.7 Å². The highest BCUT2D eigenvalue weighted by Crippen LogP contribution is 2.36. The first-order chi connectivity index (χ1) is 10.0. The number of nitrogens with zero attached hydrogens (tertiary/aromatic N) is 1. The molecule has 1 aromatic carbocycles. The van der Waals surface area contributed by atoms with E-state index < -0.39 is 0 Å². The van der Waals surface area contributed by atoms with Gasteiger partial charge in [-0.1, -0.05) is 6.07 Å². The Bertz CT molecular complexity index is 708. The summed E-state index contributed by atoms with van der Waals surface area (Å²) < 4.78 is 5.71. The number of aromatic nitrogens is 1. The number of aryl methyl sites for hydroxylation is 1. The minimum Gasteiger partial charge on any atom is -0.489 e. The third kappa shape index (κ3) is 2.61. The Labute approximate surface area is 124 Å². The van der Waals surface area contributed by atoms with Crippen LogP contribution in [0.5, 0.6) is 5.75 Å². The van der Waals surface area contributed by atoms with Crippen LogP contribution in [0, 0.1) is 6.92 Å². The van der Waals surface area contributed by atoms with E-state index in [4.69, 9.17) is 4.74 Å². The number of fused-ring (bicyclic) bond motifs is 1. The molecule has 108 valence electrons. The zero-order valence-corrected chi connectivity index (χ0v) is 12.4. The van der Waals surface area contributed by atoms with Gasteiger partial charge in [-0.2, -0.15) is 0 Å². The van der Waals surface area contributed by atoms with E-state index in [2.05, 4.69) is 10.3 Å². The molecule has 0 spiro atoms. The Hall–Kier alpha value is -2.36. The van der Waals surface area contributed by atoms with Crippen molar-refractivity contribution in [2.75, 3.05) is 5.32 Å². The highest BCUT2D eigenvalue weighted by atomic mass is 16.5. The van der Waals surface area contributed by atoms with Gasteiger partial charge in [0.05, 0.1) is 18.7 Å². The molecule has 1 aliphatic rings. The predicted molar refractivity (Wildman–Crippen MR) is 82.5 cm³/mol. The van der Waals surface area contributed by atoms with E-state index in [0.717, 1.165) is 33.7 Å². The van der Waals surface area contributed by atoms with Crippen LogP contribution in [0.4, 0.5) is 5.69 Å². The van der Waals surface area contributed by atoms with Crippen molar-refractivity contribution in [2.24, 2.45) is 0 Å². The number of amides is 1. The molecule has 0 atom stereocenters. The van der Waals surface area contributed by atoms with Gasteiger partial charge in [0.15, 0.2) is 0 Å². The van der Waals surface area contributed by atoms with E-state index in [1.54, 1.807) is 6.20 Å². The number of ether oxygens (including phenoxy) is 1. The van der Waals surface area contributed by atoms with Crippen molar-refractivity contribution >= 4 is 11.6 Å². The van der Waals surface area contributed by atoms with Gasteiger partial charge >= 0.3 is 0 Å². The minimum atomic E-state index is 0.0411. The smallest absolute Gasteiger partial charge is 0.228 e. The van der Waals surface area contributed by atoms with Gasteiger partial charge in [0.2, 0.25) is 5.91 Å². The van der Waals surface area contributed by atoms with Gasteiger partial charge in [-0.15, -0.1) is 0 Å². The van der Waals surface area contributed by atoms with Gasteiger partial charge in [-0.3, -0.25) is 9.78 Å². The van der Waals surface area contributed by atoms with E-state index >= 15 is 0 Å². The van der Waals surface area contributed by atoms with Crippen LogP contribution in [-0.4, -0.2) is 17.0 Å². The molecule has 0 radical (unpaired) electrons. The normalized spacial score (nSPS) is 13.2. The topological polar surface area (TPSA) is 51.2 Å². The van der Waals surface area contributed by atoms with Crippen LogP contribution in [-0.2, 0) is 11.2 Å². The fourth-order valence-corrected chi connectivity index (χ4v) is 2.71. The molecule has 1 N–H and O–H groups in total. The highest BCUT2D eigenvalue weighted by Gasteiger charge is 2.23. The number of pyridine rings is 1. The molecule has 2 heterocycles. The van der Waals surface area contributed by atoms with Crippen molar-refractivity contribution in [1.82, 2.24) is 4.98 Å². The number of benzene rings is 1. The van der Waals surface area contributed by atoms with Gasteiger partial charge in [-0.25, -0.2) is 0 Å². The van der Waals surface area contributed by atoms with Crippen LogP contribution in [0.1, 0.15) is 25.0 Å². The van der Waals surface area contributed by atoms with Gasteiger partial charge in [0.25, 0.3) is 0 Å². The number of anilines is 1. The van der Waals surface area contributed by atoms with Crippen molar-refractivity contribution in [2.45, 2.75) is 33.3 Å². The van der Waals surface area contributed by atoms with Gasteiger partial charge in [0.1, 0.15) is 5.75 Å². The maximum atomic E-state index is 11.7. The van der Waals surface area contributed by atoms with Crippen LogP contribution in [0.25, 0.3) is 11.1 Å². The molecule has 4 nitrogen and oxygen atoms in total. The Balaban J connectivity index is 2.09. The summed E-state index contributed by atoms with van der Waals surface area (Å²) in [5, 5.41) is 2.89. The third-order valence-electron chi connectivity index (χ3n) is 3.51. The van der Waals surface area contributed by atoms with Crippen LogP contribution in [0.15, 0.2) is 30.6 Å². The average Bonchev–Trinajstić information content (AvgIpc) is 2.78. The summed E-state index contributed by atoms with van der Waals surface area (Å²) in [6.07, 6.45) is 4.05. The fraction of sp³-hybridized carbons (Fsp3) is 0.294. The first-order valence-electron chi connectivity index (χ1n) is 7.09. The maximum Gasteiger partial charge on any atom is 0.228 e. The van der Waals surface area contributed by atoms with E-state index in [0.29, 0.717) is 6.42 Å². The molecule has 0 saturated heterocycles. The largest absolute Gasteiger partial charge is 0.489 e. The standard InChI is InChI=1S/C17H18N2O2/c1-10(2)21-13-6-12(8-18-9-13)17-11(3)4-5-15-14(17)7-16(20)19-15/h4-6,8-10H,7H2,1-3H3,(H,19,20). The predicted octanol–water partition coefficient (Wildman–Crippen LogP) is 3.34. The number of hydrogen-bond acceptors (Lipinski definition) is 3. The molecule has 1 amide bonds. The number of nitrogens with one attached hydrogen (secondary N) is 1. The van der Waals surface area contributed by atoms with E-state index in [9.17, 15) is 4.79 Å². The Morgan fingerprint density at radius 2 is 2.10 bits per heavy atom. The van der Waals surface area contributed by atoms with Gasteiger partial charge in [0, 0.05) is 17.4 Å². The molecule has 0 unspecified atom stereocenters. The van der Waals surface area contributed by atoms with E-state index in [1.165, 1.54) is 0 Å². The van der Waals surface area contributed by atoms with Crippen LogP contribution in [0.3, 0.4) is 0 Å². The molecule has 0 bridgehead atoms. The second-order valence-corrected chi connectivity index (χ2v) is 5.58. The van der Waals surface area contributed by atoms with Crippen molar-refractivity contribution < 1.29 is 9.53 Å². The Morgan fingerprint density at radius 3 is 2.86 bits per heavy atom. The third-order valence-corrected chi connectivity index (χ3v) is 3.51. The summed E-state index contributed by atoms with van der Waals surface area (Å²) in [5.74, 6) is 0.788. The van der Waals surface area contributed by atoms with Crippen molar-refractivity contribution in [1.29, 1.82) is 0 Å². The zero-order valence-electron chi connectivity index (χ0n) is 12.4. The quantitative estimate of drug-likeness (QED) is 0.939. The molecule has 1 aromatic heterocycles. The lowest BCUT2D eigenvalue weighted by Gasteiger charge is -2.14. The van der Waals surface area contributed by atoms with Crippen LogP contribution >= 0.6 is 0 Å². The van der Waals surface area contributed by atoms with E-state index in [-0.39, 0.29) is 12.0 Å². The number of carbonyl (C=O) groups is 1. The summed E-state index contributed by atoms with van der Waals surface area (Å²) in [5.41, 5.74) is 5.14. The second-order valence-electron chi connectivity index (χ2n) is 5.58. The summed E-state index contributed by atoms with van der Waals surface area (Å²) in [6, 6.07) is 5.97. The summed E-state index contributed by atoms with van der Waals surface area (Å²) >= 11 is 0. The minimum absolute atomic E-state index is 0.0411. The van der Waals surface area contributed by atoms with Crippen molar-refractivity contribution in [3.63, 3.8) is 0 Å². The number of rotatable bonds is 3. The first-order valence-corrected chi connectivity index (χ1v) is 7.09.